The van der Waals surface area contributed by atoms with Gasteiger partial charge in [0.25, 0.3) is 0 Å². The summed E-state index contributed by atoms with van der Waals surface area (Å²) < 4.78 is 85.5. The number of carbonyl (C=O) groups is 1. The summed E-state index contributed by atoms with van der Waals surface area (Å²) in [5.41, 5.74) is 4.70. The summed E-state index contributed by atoms with van der Waals surface area (Å²) in [5, 5.41) is 4.31. The Bertz CT molecular complexity index is 1640. The molecule has 35 heavy (non-hydrogen) atoms. The fourth-order valence-electron chi connectivity index (χ4n) is 4.20. The number of ketones is 1. The number of rotatable bonds is 3. The number of benzene rings is 2. The summed E-state index contributed by atoms with van der Waals surface area (Å²) in [5.74, 6) is -5.65. The van der Waals surface area contributed by atoms with E-state index in [0.717, 1.165) is 6.07 Å². The number of alkyl halides is 3. The normalized spacial score (nSPS) is 12.1. The van der Waals surface area contributed by atoms with Crippen LogP contribution in [0.25, 0.3) is 27.5 Å². The largest absolute Gasteiger partial charge is 0.417 e. The first-order valence-electron chi connectivity index (χ1n) is 10.1. The second-order valence-corrected chi connectivity index (χ2v) is 7.89. The highest BCUT2D eigenvalue weighted by Crippen LogP contribution is 2.45. The van der Waals surface area contributed by atoms with Crippen molar-refractivity contribution in [2.75, 3.05) is 5.73 Å². The summed E-state index contributed by atoms with van der Waals surface area (Å²) in [6.45, 7) is 0. The maximum absolute atomic E-state index is 14.1. The number of halogens is 6. The Morgan fingerprint density at radius 2 is 1.69 bits per heavy atom. The van der Waals surface area contributed by atoms with Crippen LogP contribution < -0.4 is 5.73 Å². The van der Waals surface area contributed by atoms with Gasteiger partial charge in [-0.05, 0) is 36.4 Å². The third kappa shape index (κ3) is 3.42. The minimum Gasteiger partial charge on any atom is -0.398 e. The van der Waals surface area contributed by atoms with E-state index in [1.165, 1.54) is 52.8 Å². The van der Waals surface area contributed by atoms with Gasteiger partial charge in [0, 0.05) is 35.3 Å². The number of carbonyl (C=O) groups excluding carboxylic acids is 1. The van der Waals surface area contributed by atoms with E-state index in [0.29, 0.717) is 17.5 Å². The molecule has 3 heterocycles. The van der Waals surface area contributed by atoms with Crippen LogP contribution in [0.1, 0.15) is 21.6 Å². The average molecular weight is 488 g/mol. The van der Waals surface area contributed by atoms with Gasteiger partial charge in [-0.15, -0.1) is 0 Å². The number of hydrogen-bond acceptors (Lipinski definition) is 3. The van der Waals surface area contributed by atoms with Crippen LogP contribution in [0.3, 0.4) is 0 Å². The molecule has 5 nitrogen and oxygen atoms in total. The van der Waals surface area contributed by atoms with Crippen molar-refractivity contribution >= 4 is 27.9 Å². The smallest absolute Gasteiger partial charge is 0.398 e. The SMILES string of the molecule is Cn1ncc2c(N)c(-c3cccn4c(C(=O)c5cc(F)c(F)c(F)c5)ccc34)c(C(F)(F)F)cc21. The molecular formula is C24H14F6N4O. The van der Waals surface area contributed by atoms with E-state index in [1.54, 1.807) is 0 Å². The van der Waals surface area contributed by atoms with Crippen molar-refractivity contribution in [2.24, 2.45) is 7.05 Å². The Labute approximate surface area is 193 Å². The van der Waals surface area contributed by atoms with Gasteiger partial charge in [-0.2, -0.15) is 18.3 Å². The first-order valence-corrected chi connectivity index (χ1v) is 10.1. The fourth-order valence-corrected chi connectivity index (χ4v) is 4.20. The summed E-state index contributed by atoms with van der Waals surface area (Å²) in [7, 11) is 1.49. The summed E-state index contributed by atoms with van der Waals surface area (Å²) in [6.07, 6.45) is -1.99. The van der Waals surface area contributed by atoms with E-state index in [9.17, 15) is 31.1 Å². The number of aryl methyl sites for hydroxylation is 1. The molecule has 0 spiro atoms. The number of nitrogens with zero attached hydrogens (tertiary/aromatic N) is 3. The van der Waals surface area contributed by atoms with Gasteiger partial charge in [0.1, 0.15) is 0 Å². The quantitative estimate of drug-likeness (QED) is 0.152. The van der Waals surface area contributed by atoms with E-state index in [2.05, 4.69) is 5.10 Å². The molecule has 0 saturated heterocycles. The van der Waals surface area contributed by atoms with Crippen LogP contribution in [0.2, 0.25) is 0 Å². The van der Waals surface area contributed by atoms with Crippen LogP contribution in [0.5, 0.6) is 0 Å². The predicted octanol–water partition coefficient (Wildman–Crippen LogP) is 5.74. The van der Waals surface area contributed by atoms with Crippen LogP contribution in [0, 0.1) is 17.5 Å². The van der Waals surface area contributed by atoms with Crippen molar-refractivity contribution in [3.63, 3.8) is 0 Å². The Morgan fingerprint density at radius 3 is 2.34 bits per heavy atom. The highest BCUT2D eigenvalue weighted by Gasteiger charge is 2.36. The molecule has 0 aliphatic carbocycles. The Kier molecular flexibility index (Phi) is 4.90. The molecule has 0 unspecified atom stereocenters. The monoisotopic (exact) mass is 488 g/mol. The molecule has 0 amide bonds. The van der Waals surface area contributed by atoms with Crippen molar-refractivity contribution in [3.8, 4) is 11.1 Å². The molecule has 0 saturated carbocycles. The first-order chi connectivity index (χ1) is 16.5. The van der Waals surface area contributed by atoms with Crippen LogP contribution in [0.4, 0.5) is 32.0 Å². The van der Waals surface area contributed by atoms with Gasteiger partial charge in [0.05, 0.1) is 34.2 Å². The molecule has 0 fully saturated rings. The van der Waals surface area contributed by atoms with Crippen LogP contribution in [-0.4, -0.2) is 20.0 Å². The number of hydrogen-bond donors (Lipinski definition) is 1. The number of nitrogens with two attached hydrogens (primary N) is 1. The highest BCUT2D eigenvalue weighted by molar-refractivity contribution is 6.10. The third-order valence-electron chi connectivity index (χ3n) is 5.84. The predicted molar refractivity (Wildman–Crippen MR) is 116 cm³/mol. The van der Waals surface area contributed by atoms with Crippen molar-refractivity contribution in [1.29, 1.82) is 0 Å². The lowest BCUT2D eigenvalue weighted by atomic mass is 9.95. The first kappa shape index (κ1) is 22.5. The summed E-state index contributed by atoms with van der Waals surface area (Å²) >= 11 is 0. The maximum atomic E-state index is 14.1. The molecule has 2 aromatic carbocycles. The molecule has 5 rings (SSSR count). The van der Waals surface area contributed by atoms with Gasteiger partial charge in [-0.1, -0.05) is 6.07 Å². The zero-order valence-corrected chi connectivity index (χ0v) is 17.8. The molecule has 0 aliphatic heterocycles. The molecule has 2 N–H and O–H groups in total. The zero-order chi connectivity index (χ0) is 25.2. The van der Waals surface area contributed by atoms with E-state index in [1.807, 2.05) is 0 Å². The highest BCUT2D eigenvalue weighted by atomic mass is 19.4. The van der Waals surface area contributed by atoms with E-state index >= 15 is 0 Å². The summed E-state index contributed by atoms with van der Waals surface area (Å²) in [6, 6.07) is 7.59. The van der Waals surface area contributed by atoms with E-state index < -0.39 is 40.5 Å². The molecule has 11 heteroatoms. The molecule has 0 bridgehead atoms. The maximum Gasteiger partial charge on any atom is 0.417 e. The van der Waals surface area contributed by atoms with Gasteiger partial charge < -0.3 is 10.1 Å². The van der Waals surface area contributed by atoms with Crippen LogP contribution in [-0.2, 0) is 13.2 Å². The molecule has 178 valence electrons. The number of nitrogen functional groups attached to an aromatic ring is 1. The fraction of sp³-hybridized carbons (Fsp3) is 0.0833. The summed E-state index contributed by atoms with van der Waals surface area (Å²) in [4.78, 5) is 13.0. The van der Waals surface area contributed by atoms with E-state index in [4.69, 9.17) is 5.73 Å². The molecule has 0 radical (unpaired) electrons. The third-order valence-corrected chi connectivity index (χ3v) is 5.84. The van der Waals surface area contributed by atoms with Crippen molar-refractivity contribution < 1.29 is 31.1 Å². The lowest BCUT2D eigenvalue weighted by Crippen LogP contribution is -2.11. The Morgan fingerprint density at radius 1 is 1.00 bits per heavy atom. The molecule has 0 aliphatic rings. The van der Waals surface area contributed by atoms with Crippen molar-refractivity contribution in [2.45, 2.75) is 6.18 Å². The minimum atomic E-state index is -4.76. The van der Waals surface area contributed by atoms with Crippen molar-refractivity contribution in [3.05, 3.63) is 89.1 Å². The molecular weight excluding hydrogens is 474 g/mol. The number of fused-ring (bicyclic) bond motifs is 2. The average Bonchev–Trinajstić information content (AvgIpc) is 3.40. The number of aromatic nitrogens is 3. The lowest BCUT2D eigenvalue weighted by Gasteiger charge is -2.18. The van der Waals surface area contributed by atoms with Crippen molar-refractivity contribution in [1.82, 2.24) is 14.2 Å². The van der Waals surface area contributed by atoms with Crippen LogP contribution >= 0.6 is 0 Å². The molecule has 5 aromatic rings. The minimum absolute atomic E-state index is 0.0820. The van der Waals surface area contributed by atoms with Crippen LogP contribution in [0.15, 0.2) is 54.9 Å². The topological polar surface area (TPSA) is 65.3 Å². The Hall–Kier alpha value is -4.28. The second-order valence-electron chi connectivity index (χ2n) is 7.89. The van der Waals surface area contributed by atoms with Gasteiger partial charge in [-0.3, -0.25) is 9.48 Å². The molecule has 3 aromatic heterocycles. The standard InChI is InChI=1S/C24H14F6N4O/c1-33-19-9-14(24(28,29)30)20(22(31)13(19)10-32-33)12-3-2-6-34-17(12)4-5-18(34)23(35)11-7-15(25)21(27)16(26)8-11/h2-10H,31H2,1H3. The Balaban J connectivity index is 1.75. The zero-order valence-electron chi connectivity index (χ0n) is 17.8. The second kappa shape index (κ2) is 7.62. The van der Waals surface area contributed by atoms with Gasteiger partial charge in [0.2, 0.25) is 5.78 Å². The lowest BCUT2D eigenvalue weighted by molar-refractivity contribution is -0.137. The van der Waals surface area contributed by atoms with Gasteiger partial charge >= 0.3 is 6.18 Å². The molecule has 0 atom stereocenters. The number of anilines is 1. The number of pyridine rings is 1. The van der Waals surface area contributed by atoms with Gasteiger partial charge in [-0.25, -0.2) is 13.2 Å². The van der Waals surface area contributed by atoms with Gasteiger partial charge in [0.15, 0.2) is 17.5 Å². The van der Waals surface area contributed by atoms with E-state index in [-0.39, 0.29) is 33.5 Å².